The van der Waals surface area contributed by atoms with Crippen molar-refractivity contribution in [2.75, 3.05) is 20.8 Å². The molecule has 0 aliphatic carbocycles. The lowest BCUT2D eigenvalue weighted by atomic mass is 10.1. The molecule has 1 aromatic carbocycles. The number of benzene rings is 1. The van der Waals surface area contributed by atoms with E-state index in [2.05, 4.69) is 15.9 Å². The molecule has 8 heteroatoms. The fraction of sp³-hybridized carbons (Fsp3) is 0.417. The maximum Gasteiger partial charge on any atom is 0.471 e. The van der Waals surface area contributed by atoms with Gasteiger partial charge in [-0.3, -0.25) is 4.79 Å². The van der Waals surface area contributed by atoms with E-state index in [4.69, 9.17) is 9.47 Å². The normalized spacial score (nSPS) is 11.1. The molecule has 0 fully saturated rings. The number of carbonyl (C=O) groups is 1. The lowest BCUT2D eigenvalue weighted by molar-refractivity contribution is -0.173. The maximum absolute atomic E-state index is 12.0. The van der Waals surface area contributed by atoms with Crippen molar-refractivity contribution in [1.29, 1.82) is 0 Å². The van der Waals surface area contributed by atoms with Crippen molar-refractivity contribution in [3.8, 4) is 11.5 Å². The molecule has 0 aliphatic rings. The SMILES string of the molecule is COc1cc(Br)c(CCNC(=O)C(F)(F)F)cc1OC. The van der Waals surface area contributed by atoms with Gasteiger partial charge in [0.25, 0.3) is 0 Å². The van der Waals surface area contributed by atoms with Gasteiger partial charge in [0.2, 0.25) is 0 Å². The first-order valence-corrected chi connectivity index (χ1v) is 6.34. The van der Waals surface area contributed by atoms with Crippen LogP contribution in [0.3, 0.4) is 0 Å². The predicted molar refractivity (Wildman–Crippen MR) is 70.0 cm³/mol. The molecule has 0 bridgehead atoms. The van der Waals surface area contributed by atoms with Crippen LogP contribution >= 0.6 is 15.9 Å². The summed E-state index contributed by atoms with van der Waals surface area (Å²) >= 11 is 3.29. The van der Waals surface area contributed by atoms with Crippen LogP contribution in [0, 0.1) is 0 Å². The summed E-state index contributed by atoms with van der Waals surface area (Å²) in [7, 11) is 2.94. The molecule has 0 heterocycles. The summed E-state index contributed by atoms with van der Waals surface area (Å²) in [5.41, 5.74) is 0.699. The molecule has 1 N–H and O–H groups in total. The van der Waals surface area contributed by atoms with E-state index in [9.17, 15) is 18.0 Å². The number of hydrogen-bond donors (Lipinski definition) is 1. The Balaban J connectivity index is 2.71. The zero-order valence-corrected chi connectivity index (χ0v) is 12.4. The van der Waals surface area contributed by atoms with Gasteiger partial charge in [0.15, 0.2) is 11.5 Å². The molecule has 0 spiro atoms. The van der Waals surface area contributed by atoms with Crippen LogP contribution in [0.2, 0.25) is 0 Å². The minimum Gasteiger partial charge on any atom is -0.493 e. The molecule has 0 aromatic heterocycles. The average Bonchev–Trinajstić information content (AvgIpc) is 2.38. The molecule has 0 atom stereocenters. The van der Waals surface area contributed by atoms with Crippen LogP contribution in [0.1, 0.15) is 5.56 Å². The molecule has 1 amide bonds. The Morgan fingerprint density at radius 1 is 1.25 bits per heavy atom. The minimum atomic E-state index is -4.87. The van der Waals surface area contributed by atoms with E-state index in [1.165, 1.54) is 14.2 Å². The second-order valence-electron chi connectivity index (χ2n) is 3.80. The first-order valence-electron chi connectivity index (χ1n) is 5.55. The molecular weight excluding hydrogens is 343 g/mol. The number of nitrogens with one attached hydrogen (secondary N) is 1. The lowest BCUT2D eigenvalue weighted by Gasteiger charge is -2.12. The summed E-state index contributed by atoms with van der Waals surface area (Å²) in [6.45, 7) is -0.133. The van der Waals surface area contributed by atoms with Crippen molar-refractivity contribution >= 4 is 21.8 Å². The number of alkyl halides is 3. The smallest absolute Gasteiger partial charge is 0.471 e. The molecule has 0 saturated carbocycles. The monoisotopic (exact) mass is 355 g/mol. The third-order valence-corrected chi connectivity index (χ3v) is 3.23. The van der Waals surface area contributed by atoms with Crippen LogP contribution < -0.4 is 14.8 Å². The first-order chi connectivity index (χ1) is 9.29. The number of amides is 1. The standard InChI is InChI=1S/C12H13BrF3NO3/c1-19-9-5-7(8(13)6-10(9)20-2)3-4-17-11(18)12(14,15)16/h5-6H,3-4H2,1-2H3,(H,17,18). The second kappa shape index (κ2) is 6.83. The Morgan fingerprint density at radius 3 is 2.30 bits per heavy atom. The molecule has 0 unspecified atom stereocenters. The second-order valence-corrected chi connectivity index (χ2v) is 4.66. The van der Waals surface area contributed by atoms with E-state index in [1.807, 2.05) is 5.32 Å². The van der Waals surface area contributed by atoms with Crippen molar-refractivity contribution < 1.29 is 27.4 Å². The highest BCUT2D eigenvalue weighted by atomic mass is 79.9. The van der Waals surface area contributed by atoms with E-state index in [1.54, 1.807) is 12.1 Å². The zero-order chi connectivity index (χ0) is 15.3. The molecule has 0 radical (unpaired) electrons. The van der Waals surface area contributed by atoms with E-state index >= 15 is 0 Å². The first kappa shape index (κ1) is 16.6. The largest absolute Gasteiger partial charge is 0.493 e. The van der Waals surface area contributed by atoms with Crippen LogP contribution in [-0.4, -0.2) is 32.8 Å². The molecule has 1 aromatic rings. The molecule has 112 valence electrons. The number of hydrogen-bond acceptors (Lipinski definition) is 3. The number of ether oxygens (including phenoxy) is 2. The maximum atomic E-state index is 12.0. The topological polar surface area (TPSA) is 47.6 Å². The summed E-state index contributed by atoms with van der Waals surface area (Å²) < 4.78 is 46.9. The van der Waals surface area contributed by atoms with Gasteiger partial charge in [0, 0.05) is 11.0 Å². The fourth-order valence-electron chi connectivity index (χ4n) is 1.50. The summed E-state index contributed by atoms with van der Waals surface area (Å²) in [5, 5.41) is 1.81. The van der Waals surface area contributed by atoms with Gasteiger partial charge in [-0.1, -0.05) is 15.9 Å². The number of carbonyl (C=O) groups excluding carboxylic acids is 1. The Bertz CT molecular complexity index is 492. The van der Waals surface area contributed by atoms with E-state index in [0.29, 0.717) is 21.5 Å². The quantitative estimate of drug-likeness (QED) is 0.883. The Labute approximate surface area is 122 Å². The average molecular weight is 356 g/mol. The van der Waals surface area contributed by atoms with Crippen molar-refractivity contribution in [1.82, 2.24) is 5.32 Å². The van der Waals surface area contributed by atoms with Crippen LogP contribution in [0.15, 0.2) is 16.6 Å². The van der Waals surface area contributed by atoms with E-state index in [-0.39, 0.29) is 13.0 Å². The van der Waals surface area contributed by atoms with Crippen molar-refractivity contribution in [2.45, 2.75) is 12.6 Å². The molecule has 20 heavy (non-hydrogen) atoms. The lowest BCUT2D eigenvalue weighted by Crippen LogP contribution is -2.37. The van der Waals surface area contributed by atoms with Gasteiger partial charge in [0.1, 0.15) is 0 Å². The summed E-state index contributed by atoms with van der Waals surface area (Å²) in [6, 6.07) is 3.29. The number of rotatable bonds is 5. The molecule has 1 rings (SSSR count). The van der Waals surface area contributed by atoms with Gasteiger partial charge < -0.3 is 14.8 Å². The highest BCUT2D eigenvalue weighted by Crippen LogP contribution is 2.33. The summed E-state index contributed by atoms with van der Waals surface area (Å²) in [6.07, 6.45) is -4.64. The summed E-state index contributed by atoms with van der Waals surface area (Å²) in [4.78, 5) is 10.7. The highest BCUT2D eigenvalue weighted by Gasteiger charge is 2.38. The fourth-order valence-corrected chi connectivity index (χ4v) is 2.02. The van der Waals surface area contributed by atoms with Crippen LogP contribution in [0.25, 0.3) is 0 Å². The van der Waals surface area contributed by atoms with Crippen molar-refractivity contribution in [3.05, 3.63) is 22.2 Å². The van der Waals surface area contributed by atoms with Gasteiger partial charge in [-0.15, -0.1) is 0 Å². The van der Waals surface area contributed by atoms with Crippen molar-refractivity contribution in [2.24, 2.45) is 0 Å². The van der Waals surface area contributed by atoms with E-state index < -0.39 is 12.1 Å². The van der Waals surface area contributed by atoms with Gasteiger partial charge in [0.05, 0.1) is 14.2 Å². The number of methoxy groups -OCH3 is 2. The van der Waals surface area contributed by atoms with Crippen LogP contribution in [-0.2, 0) is 11.2 Å². The number of halogens is 4. The van der Waals surface area contributed by atoms with Gasteiger partial charge in [-0.05, 0) is 24.1 Å². The molecule has 0 aliphatic heterocycles. The van der Waals surface area contributed by atoms with Gasteiger partial charge >= 0.3 is 12.1 Å². The highest BCUT2D eigenvalue weighted by molar-refractivity contribution is 9.10. The van der Waals surface area contributed by atoms with Gasteiger partial charge in [-0.25, -0.2) is 0 Å². The third-order valence-electron chi connectivity index (χ3n) is 2.49. The Morgan fingerprint density at radius 2 is 1.80 bits per heavy atom. The minimum absolute atomic E-state index is 0.133. The van der Waals surface area contributed by atoms with E-state index in [0.717, 1.165) is 0 Å². The molecule has 0 saturated heterocycles. The van der Waals surface area contributed by atoms with Crippen LogP contribution in [0.5, 0.6) is 11.5 Å². The third kappa shape index (κ3) is 4.29. The summed E-state index contributed by atoms with van der Waals surface area (Å²) in [5.74, 6) is -0.982. The van der Waals surface area contributed by atoms with Gasteiger partial charge in [-0.2, -0.15) is 13.2 Å². The Kier molecular flexibility index (Phi) is 5.67. The predicted octanol–water partition coefficient (Wildman–Crippen LogP) is 2.69. The molecule has 4 nitrogen and oxygen atoms in total. The Hall–Kier alpha value is -1.44. The van der Waals surface area contributed by atoms with Crippen molar-refractivity contribution in [3.63, 3.8) is 0 Å². The van der Waals surface area contributed by atoms with Crippen LogP contribution in [0.4, 0.5) is 13.2 Å². The zero-order valence-electron chi connectivity index (χ0n) is 10.8. The molecular formula is C12H13BrF3NO3.